The van der Waals surface area contributed by atoms with Crippen LogP contribution >= 0.6 is 22.7 Å². The number of thiophene rings is 1. The summed E-state index contributed by atoms with van der Waals surface area (Å²) in [7, 11) is 0. The lowest BCUT2D eigenvalue weighted by molar-refractivity contribution is 0.0499. The highest BCUT2D eigenvalue weighted by Crippen LogP contribution is 2.22. The molecule has 3 aromatic heterocycles. The molecule has 1 unspecified atom stereocenters. The highest BCUT2D eigenvalue weighted by atomic mass is 32.1. The smallest absolute Gasteiger partial charge is 0.194 e. The summed E-state index contributed by atoms with van der Waals surface area (Å²) in [5.74, 6) is 0. The number of rotatable bonds is 6. The Bertz CT molecular complexity index is 810. The second-order valence-corrected chi connectivity index (χ2v) is 8.56. The highest BCUT2D eigenvalue weighted by molar-refractivity contribution is 7.15. The number of hydrogen-bond donors (Lipinski definition) is 1. The Labute approximate surface area is 156 Å². The Morgan fingerprint density at radius 1 is 1.24 bits per heavy atom. The van der Waals surface area contributed by atoms with Gasteiger partial charge in [-0.2, -0.15) is 0 Å². The second kappa shape index (κ2) is 7.55. The fourth-order valence-corrected chi connectivity index (χ4v) is 5.19. The van der Waals surface area contributed by atoms with Crippen LogP contribution in [0.25, 0.3) is 4.96 Å². The third-order valence-corrected chi connectivity index (χ3v) is 6.64. The molecule has 0 aliphatic carbocycles. The summed E-state index contributed by atoms with van der Waals surface area (Å²) in [6.45, 7) is 7.39. The first kappa shape index (κ1) is 17.2. The molecule has 1 aliphatic rings. The van der Waals surface area contributed by atoms with Gasteiger partial charge in [0.25, 0.3) is 0 Å². The van der Waals surface area contributed by atoms with E-state index in [1.807, 2.05) is 11.3 Å². The van der Waals surface area contributed by atoms with Crippen molar-refractivity contribution in [3.63, 3.8) is 0 Å². The Morgan fingerprint density at radius 2 is 2.16 bits per heavy atom. The number of hydrogen-bond acceptors (Lipinski definition) is 6. The Balaban J connectivity index is 1.46. The molecule has 134 valence electrons. The van der Waals surface area contributed by atoms with Gasteiger partial charge in [0.2, 0.25) is 0 Å². The van der Waals surface area contributed by atoms with E-state index in [1.165, 1.54) is 10.6 Å². The highest BCUT2D eigenvalue weighted by Gasteiger charge is 2.27. The van der Waals surface area contributed by atoms with Crippen molar-refractivity contribution in [3.8, 4) is 0 Å². The molecule has 4 rings (SSSR count). The summed E-state index contributed by atoms with van der Waals surface area (Å²) in [5, 5.41) is 13.7. The number of aliphatic hydroxyl groups excluding tert-OH is 1. The molecule has 0 amide bonds. The van der Waals surface area contributed by atoms with Crippen LogP contribution in [0, 0.1) is 6.92 Å². The average molecular weight is 377 g/mol. The lowest BCUT2D eigenvalue weighted by Crippen LogP contribution is -2.52. The summed E-state index contributed by atoms with van der Waals surface area (Å²) >= 11 is 3.51. The van der Waals surface area contributed by atoms with Crippen LogP contribution in [0.4, 0.5) is 0 Å². The number of fused-ring (bicyclic) bond motifs is 1. The molecule has 1 saturated heterocycles. The van der Waals surface area contributed by atoms with Crippen molar-refractivity contribution >= 4 is 27.6 Å². The molecule has 0 aromatic carbocycles. The summed E-state index contributed by atoms with van der Waals surface area (Å²) in [6.07, 6.45) is 2.95. The van der Waals surface area contributed by atoms with Gasteiger partial charge in [0, 0.05) is 61.8 Å². The molecule has 4 heterocycles. The number of nitrogens with zero attached hydrogens (tertiary/aromatic N) is 4. The van der Waals surface area contributed by atoms with Gasteiger partial charge >= 0.3 is 0 Å². The zero-order valence-corrected chi connectivity index (χ0v) is 16.1. The standard InChI is InChI=1S/C18H24N4OS2/c1-14-17(22-7-10-25-18(22)19-14)13-20-5-6-21(15(11-20)4-8-23)12-16-3-2-9-24-16/h2-3,7,9-10,15,23H,4-6,8,11-13H2,1H3. The maximum Gasteiger partial charge on any atom is 0.194 e. The number of thiazole rings is 1. The molecule has 0 spiro atoms. The summed E-state index contributed by atoms with van der Waals surface area (Å²) in [6, 6.07) is 4.73. The van der Waals surface area contributed by atoms with E-state index in [9.17, 15) is 5.11 Å². The first-order valence-electron chi connectivity index (χ1n) is 8.75. The molecule has 3 aromatic rings. The summed E-state index contributed by atoms with van der Waals surface area (Å²) < 4.78 is 2.22. The summed E-state index contributed by atoms with van der Waals surface area (Å²) in [4.78, 5) is 12.2. The zero-order valence-electron chi connectivity index (χ0n) is 14.5. The lowest BCUT2D eigenvalue weighted by Gasteiger charge is -2.41. The van der Waals surface area contributed by atoms with Crippen molar-refractivity contribution < 1.29 is 5.11 Å². The van der Waals surface area contributed by atoms with Crippen molar-refractivity contribution in [2.75, 3.05) is 26.2 Å². The van der Waals surface area contributed by atoms with E-state index in [0.717, 1.165) is 49.8 Å². The predicted molar refractivity (Wildman–Crippen MR) is 103 cm³/mol. The van der Waals surface area contributed by atoms with Crippen LogP contribution in [0.2, 0.25) is 0 Å². The lowest BCUT2D eigenvalue weighted by atomic mass is 10.1. The minimum Gasteiger partial charge on any atom is -0.396 e. The van der Waals surface area contributed by atoms with Crippen molar-refractivity contribution in [2.24, 2.45) is 0 Å². The van der Waals surface area contributed by atoms with Crippen LogP contribution < -0.4 is 0 Å². The minimum absolute atomic E-state index is 0.250. The molecule has 1 N–H and O–H groups in total. The SMILES string of the molecule is Cc1nc2sccn2c1CN1CCN(Cc2cccs2)C(CCO)C1. The molecular weight excluding hydrogens is 352 g/mol. The van der Waals surface area contributed by atoms with Crippen LogP contribution in [-0.4, -0.2) is 56.6 Å². The van der Waals surface area contributed by atoms with E-state index in [0.29, 0.717) is 6.04 Å². The Kier molecular flexibility index (Phi) is 5.19. The normalized spacial score (nSPS) is 19.8. The van der Waals surface area contributed by atoms with Gasteiger partial charge in [-0.15, -0.1) is 22.7 Å². The minimum atomic E-state index is 0.250. The maximum atomic E-state index is 9.51. The second-order valence-electron chi connectivity index (χ2n) is 6.65. The molecular formula is C18H24N4OS2. The van der Waals surface area contributed by atoms with Gasteiger partial charge in [0.1, 0.15) is 0 Å². The molecule has 1 aliphatic heterocycles. The number of aromatic nitrogens is 2. The van der Waals surface area contributed by atoms with Crippen LogP contribution in [0.1, 0.15) is 22.7 Å². The molecule has 0 radical (unpaired) electrons. The first-order chi connectivity index (χ1) is 12.2. The van der Waals surface area contributed by atoms with Crippen LogP contribution in [0.5, 0.6) is 0 Å². The number of imidazole rings is 1. The van der Waals surface area contributed by atoms with Gasteiger partial charge in [-0.25, -0.2) is 4.98 Å². The van der Waals surface area contributed by atoms with Crippen LogP contribution in [0.15, 0.2) is 29.1 Å². The van der Waals surface area contributed by atoms with Gasteiger partial charge in [0.05, 0.1) is 11.4 Å². The summed E-state index contributed by atoms with van der Waals surface area (Å²) in [5.41, 5.74) is 2.43. The quantitative estimate of drug-likeness (QED) is 0.718. The number of piperazine rings is 1. The van der Waals surface area contributed by atoms with E-state index in [1.54, 1.807) is 11.3 Å². The van der Waals surface area contributed by atoms with Gasteiger partial charge in [0.15, 0.2) is 4.96 Å². The van der Waals surface area contributed by atoms with Crippen LogP contribution in [-0.2, 0) is 13.1 Å². The fraction of sp³-hybridized carbons (Fsp3) is 0.500. The zero-order chi connectivity index (χ0) is 17.2. The topological polar surface area (TPSA) is 44.0 Å². The number of aliphatic hydroxyl groups is 1. The van der Waals surface area contributed by atoms with E-state index in [2.05, 4.69) is 55.2 Å². The molecule has 5 nitrogen and oxygen atoms in total. The third-order valence-electron chi connectivity index (χ3n) is 5.02. The van der Waals surface area contributed by atoms with Gasteiger partial charge in [-0.1, -0.05) is 6.07 Å². The molecule has 0 bridgehead atoms. The Morgan fingerprint density at radius 3 is 2.96 bits per heavy atom. The molecule has 7 heteroatoms. The maximum absolute atomic E-state index is 9.51. The van der Waals surface area contributed by atoms with Crippen LogP contribution in [0.3, 0.4) is 0 Å². The van der Waals surface area contributed by atoms with Crippen molar-refractivity contribution in [1.82, 2.24) is 19.2 Å². The molecule has 25 heavy (non-hydrogen) atoms. The van der Waals surface area contributed by atoms with E-state index >= 15 is 0 Å². The first-order valence-corrected chi connectivity index (χ1v) is 10.5. The molecule has 1 atom stereocenters. The van der Waals surface area contributed by atoms with E-state index in [-0.39, 0.29) is 6.61 Å². The van der Waals surface area contributed by atoms with Crippen molar-refractivity contribution in [3.05, 3.63) is 45.4 Å². The fourth-order valence-electron chi connectivity index (χ4n) is 3.68. The van der Waals surface area contributed by atoms with Crippen molar-refractivity contribution in [2.45, 2.75) is 32.5 Å². The Hall–Kier alpha value is -1.25. The average Bonchev–Trinajstić information content (AvgIpc) is 3.31. The predicted octanol–water partition coefficient (Wildman–Crippen LogP) is 2.83. The monoisotopic (exact) mass is 376 g/mol. The number of aryl methyl sites for hydroxylation is 1. The van der Waals surface area contributed by atoms with E-state index in [4.69, 9.17) is 0 Å². The molecule has 1 fully saturated rings. The van der Waals surface area contributed by atoms with Gasteiger partial charge < -0.3 is 5.11 Å². The largest absolute Gasteiger partial charge is 0.396 e. The van der Waals surface area contributed by atoms with Crippen molar-refractivity contribution in [1.29, 1.82) is 0 Å². The molecule has 0 saturated carbocycles. The third kappa shape index (κ3) is 3.66. The van der Waals surface area contributed by atoms with Gasteiger partial charge in [-0.05, 0) is 24.8 Å². The van der Waals surface area contributed by atoms with Gasteiger partial charge in [-0.3, -0.25) is 14.2 Å². The van der Waals surface area contributed by atoms with E-state index < -0.39 is 0 Å².